The minimum Gasteiger partial charge on any atom is -0.444 e. The van der Waals surface area contributed by atoms with E-state index in [1.807, 2.05) is 41.5 Å². The van der Waals surface area contributed by atoms with Crippen molar-refractivity contribution in [3.63, 3.8) is 0 Å². The Balaban J connectivity index is 2.62. The molecular weight excluding hydrogens is 232 g/mol. The van der Waals surface area contributed by atoms with Crippen molar-refractivity contribution in [2.24, 2.45) is 0 Å². The first kappa shape index (κ1) is 14.8. The van der Waals surface area contributed by atoms with Gasteiger partial charge in [0.2, 0.25) is 5.91 Å². The largest absolute Gasteiger partial charge is 0.444 e. The van der Waals surface area contributed by atoms with E-state index in [1.54, 1.807) is 4.90 Å². The second-order valence-corrected chi connectivity index (χ2v) is 6.62. The fourth-order valence-electron chi connectivity index (χ4n) is 1.86. The summed E-state index contributed by atoms with van der Waals surface area (Å²) in [6.45, 7) is 12.6. The van der Waals surface area contributed by atoms with Crippen LogP contribution in [0.3, 0.4) is 0 Å². The third-order valence-corrected chi connectivity index (χ3v) is 2.68. The molecule has 1 aliphatic heterocycles. The van der Waals surface area contributed by atoms with Crippen LogP contribution in [0, 0.1) is 0 Å². The zero-order valence-corrected chi connectivity index (χ0v) is 12.2. The van der Waals surface area contributed by atoms with Crippen molar-refractivity contribution in [3.8, 4) is 0 Å². The van der Waals surface area contributed by atoms with E-state index in [4.69, 9.17) is 4.74 Å². The van der Waals surface area contributed by atoms with Crippen LogP contribution < -0.4 is 0 Å². The maximum Gasteiger partial charge on any atom is 0.410 e. The Kier molecular flexibility index (Phi) is 3.93. The Labute approximate surface area is 109 Å². The molecule has 0 bridgehead atoms. The Morgan fingerprint density at radius 3 is 2.06 bits per heavy atom. The molecule has 1 rings (SSSR count). The summed E-state index contributed by atoms with van der Waals surface area (Å²) < 4.78 is 5.26. The summed E-state index contributed by atoms with van der Waals surface area (Å²) in [5.41, 5.74) is -0.724. The molecule has 1 aliphatic rings. The van der Waals surface area contributed by atoms with Crippen LogP contribution in [-0.4, -0.2) is 52.6 Å². The highest BCUT2D eigenvalue weighted by molar-refractivity contribution is 5.84. The van der Waals surface area contributed by atoms with Gasteiger partial charge in [-0.3, -0.25) is 9.69 Å². The number of rotatable bonds is 0. The van der Waals surface area contributed by atoms with E-state index >= 15 is 0 Å². The van der Waals surface area contributed by atoms with Crippen molar-refractivity contribution in [2.75, 3.05) is 19.6 Å². The minimum atomic E-state index is -0.526. The average molecular weight is 256 g/mol. The van der Waals surface area contributed by atoms with Gasteiger partial charge >= 0.3 is 6.09 Å². The van der Waals surface area contributed by atoms with Crippen molar-refractivity contribution in [1.29, 1.82) is 0 Å². The number of amides is 2. The van der Waals surface area contributed by atoms with Crippen LogP contribution in [0.15, 0.2) is 0 Å². The maximum atomic E-state index is 12.0. The first-order valence-electron chi connectivity index (χ1n) is 6.29. The third kappa shape index (κ3) is 3.89. The molecule has 1 saturated heterocycles. The molecule has 18 heavy (non-hydrogen) atoms. The lowest BCUT2D eigenvalue weighted by atomic mass is 10.0. The van der Waals surface area contributed by atoms with Gasteiger partial charge in [0, 0.05) is 18.6 Å². The van der Waals surface area contributed by atoms with Crippen molar-refractivity contribution in [2.45, 2.75) is 52.7 Å². The number of hydrogen-bond donors (Lipinski definition) is 0. The van der Waals surface area contributed by atoms with Crippen molar-refractivity contribution in [1.82, 2.24) is 9.80 Å². The molecule has 0 aromatic rings. The predicted molar refractivity (Wildman–Crippen MR) is 69.3 cm³/mol. The van der Waals surface area contributed by atoms with Gasteiger partial charge in [-0.1, -0.05) is 0 Å². The predicted octanol–water partition coefficient (Wildman–Crippen LogP) is 1.86. The average Bonchev–Trinajstić information content (AvgIpc) is 2.12. The molecule has 0 N–H and O–H groups in total. The quantitative estimate of drug-likeness (QED) is 0.664. The second kappa shape index (κ2) is 4.78. The Hall–Kier alpha value is -1.26. The highest BCUT2D eigenvalue weighted by atomic mass is 16.6. The van der Waals surface area contributed by atoms with Gasteiger partial charge in [-0.15, -0.1) is 0 Å². The maximum absolute atomic E-state index is 12.0. The zero-order valence-electron chi connectivity index (χ0n) is 12.2. The Bertz CT molecular complexity index is 337. The number of hydrogen-bond acceptors (Lipinski definition) is 3. The van der Waals surface area contributed by atoms with E-state index in [0.29, 0.717) is 13.1 Å². The van der Waals surface area contributed by atoms with Gasteiger partial charge in [0.25, 0.3) is 0 Å². The molecule has 0 aromatic carbocycles. The number of piperazine rings is 1. The minimum absolute atomic E-state index is 0.0281. The normalized spacial score (nSPS) is 18.0. The fraction of sp³-hybridized carbons (Fsp3) is 0.846. The highest BCUT2D eigenvalue weighted by Gasteiger charge is 2.34. The number of carbonyl (C=O) groups is 2. The van der Waals surface area contributed by atoms with E-state index in [0.717, 1.165) is 0 Å². The summed E-state index contributed by atoms with van der Waals surface area (Å²) in [5, 5.41) is 0. The van der Waals surface area contributed by atoms with Crippen LogP contribution in [0.2, 0.25) is 0 Å². The lowest BCUT2D eigenvalue weighted by Crippen LogP contribution is -2.58. The molecule has 1 fully saturated rings. The van der Waals surface area contributed by atoms with Crippen molar-refractivity contribution < 1.29 is 14.3 Å². The standard InChI is InChI=1S/C13H24N2O3/c1-12(2,3)15-8-7-14(9-10(15)16)11(17)18-13(4,5)6/h7-9H2,1-6H3. The van der Waals surface area contributed by atoms with Crippen LogP contribution in [0.4, 0.5) is 4.79 Å². The summed E-state index contributed by atoms with van der Waals surface area (Å²) in [6, 6.07) is 0. The highest BCUT2D eigenvalue weighted by Crippen LogP contribution is 2.18. The third-order valence-electron chi connectivity index (χ3n) is 2.68. The van der Waals surface area contributed by atoms with Crippen molar-refractivity contribution in [3.05, 3.63) is 0 Å². The molecule has 5 nitrogen and oxygen atoms in total. The molecule has 104 valence electrons. The molecule has 0 radical (unpaired) electrons. The van der Waals surface area contributed by atoms with E-state index in [1.165, 1.54) is 4.90 Å². The molecule has 0 aliphatic carbocycles. The number of ether oxygens (including phenoxy) is 1. The van der Waals surface area contributed by atoms with Crippen LogP contribution in [0.5, 0.6) is 0 Å². The molecule has 0 atom stereocenters. The monoisotopic (exact) mass is 256 g/mol. The summed E-state index contributed by atoms with van der Waals surface area (Å²) in [6.07, 6.45) is -0.413. The smallest absolute Gasteiger partial charge is 0.410 e. The second-order valence-electron chi connectivity index (χ2n) is 6.62. The number of nitrogens with zero attached hydrogens (tertiary/aromatic N) is 2. The summed E-state index contributed by atoms with van der Waals surface area (Å²) in [7, 11) is 0. The van der Waals surface area contributed by atoms with Crippen LogP contribution >= 0.6 is 0 Å². The lowest BCUT2D eigenvalue weighted by molar-refractivity contribution is -0.141. The fourth-order valence-corrected chi connectivity index (χ4v) is 1.86. The molecule has 0 unspecified atom stereocenters. The lowest BCUT2D eigenvalue weighted by Gasteiger charge is -2.42. The molecule has 0 spiro atoms. The van der Waals surface area contributed by atoms with E-state index in [-0.39, 0.29) is 18.0 Å². The zero-order chi connectivity index (χ0) is 14.1. The Morgan fingerprint density at radius 1 is 1.11 bits per heavy atom. The van der Waals surface area contributed by atoms with Crippen molar-refractivity contribution >= 4 is 12.0 Å². The first-order valence-corrected chi connectivity index (χ1v) is 6.29. The Morgan fingerprint density at radius 2 is 1.67 bits per heavy atom. The van der Waals surface area contributed by atoms with Gasteiger partial charge in [0.15, 0.2) is 0 Å². The molecule has 5 heteroatoms. The first-order chi connectivity index (χ1) is 8.00. The number of carbonyl (C=O) groups excluding carboxylic acids is 2. The SMILES string of the molecule is CC(C)(C)OC(=O)N1CCN(C(C)(C)C)C(=O)C1. The topological polar surface area (TPSA) is 49.9 Å². The van der Waals surface area contributed by atoms with Gasteiger partial charge in [0.1, 0.15) is 12.1 Å². The van der Waals surface area contributed by atoms with E-state index in [2.05, 4.69) is 0 Å². The van der Waals surface area contributed by atoms with E-state index in [9.17, 15) is 9.59 Å². The summed E-state index contributed by atoms with van der Waals surface area (Å²) >= 11 is 0. The molecule has 2 amide bonds. The van der Waals surface area contributed by atoms with Crippen LogP contribution in [-0.2, 0) is 9.53 Å². The molecule has 0 aromatic heterocycles. The van der Waals surface area contributed by atoms with Crippen LogP contribution in [0.25, 0.3) is 0 Å². The molecule has 1 heterocycles. The molecular formula is C13H24N2O3. The summed E-state index contributed by atoms with van der Waals surface area (Å²) in [5.74, 6) is -0.0281. The van der Waals surface area contributed by atoms with Gasteiger partial charge in [-0.05, 0) is 41.5 Å². The van der Waals surface area contributed by atoms with Gasteiger partial charge in [-0.25, -0.2) is 4.79 Å². The summed E-state index contributed by atoms with van der Waals surface area (Å²) in [4.78, 5) is 27.1. The van der Waals surface area contributed by atoms with Gasteiger partial charge < -0.3 is 9.64 Å². The van der Waals surface area contributed by atoms with Gasteiger partial charge in [-0.2, -0.15) is 0 Å². The van der Waals surface area contributed by atoms with E-state index < -0.39 is 11.7 Å². The van der Waals surface area contributed by atoms with Crippen LogP contribution in [0.1, 0.15) is 41.5 Å². The molecule has 0 saturated carbocycles. The van der Waals surface area contributed by atoms with Gasteiger partial charge in [0.05, 0.1) is 0 Å².